The molecule has 0 bridgehead atoms. The third kappa shape index (κ3) is 1.95. The molecule has 5 nitrogen and oxygen atoms in total. The molecule has 0 aliphatic rings. The third-order valence-corrected chi connectivity index (χ3v) is 2.18. The molecule has 0 spiro atoms. The molecule has 0 aromatic heterocycles. The molecule has 0 unspecified atom stereocenters. The van der Waals surface area contributed by atoms with Crippen LogP contribution in [-0.2, 0) is 0 Å². The fraction of sp³-hybridized carbons (Fsp3) is 0.111. The molecule has 6 heteroatoms. The number of hydrogen-bond donors (Lipinski definition) is 0. The minimum Gasteiger partial charge on any atom is -0.294 e. The summed E-state index contributed by atoms with van der Waals surface area (Å²) in [5, 5.41) is 19.0. The predicted molar refractivity (Wildman–Crippen MR) is 52.8 cm³/mol. The van der Waals surface area contributed by atoms with Gasteiger partial charge in [-0.1, -0.05) is 11.6 Å². The van der Waals surface area contributed by atoms with Gasteiger partial charge in [-0.2, -0.15) is 5.26 Å². The molecule has 76 valence electrons. The Bertz CT molecular complexity index is 491. The lowest BCUT2D eigenvalue weighted by Crippen LogP contribution is -2.00. The molecular formula is C9H5ClN2O3. The number of hydrogen-bond acceptors (Lipinski definition) is 4. The number of Topliss-reactive ketones (excluding diaryl/α,β-unsaturated/α-hetero) is 1. The van der Waals surface area contributed by atoms with Gasteiger partial charge in [0.05, 0.1) is 4.92 Å². The molecule has 0 radical (unpaired) electrons. The van der Waals surface area contributed by atoms with E-state index in [1.165, 1.54) is 19.1 Å². The van der Waals surface area contributed by atoms with E-state index in [1.807, 2.05) is 0 Å². The SMILES string of the molecule is CC(=O)c1ccc(C#N)c([N+](=O)[O-])c1Cl. The molecule has 0 N–H and O–H groups in total. The number of carbonyl (C=O) groups is 1. The first kappa shape index (κ1) is 11.1. The fourth-order valence-electron chi connectivity index (χ4n) is 1.11. The highest BCUT2D eigenvalue weighted by Gasteiger charge is 2.23. The van der Waals surface area contributed by atoms with E-state index in [2.05, 4.69) is 0 Å². The van der Waals surface area contributed by atoms with Gasteiger partial charge in [0.15, 0.2) is 5.78 Å². The van der Waals surface area contributed by atoms with Crippen molar-refractivity contribution in [2.24, 2.45) is 0 Å². The molecule has 15 heavy (non-hydrogen) atoms. The van der Waals surface area contributed by atoms with Crippen molar-refractivity contribution in [3.8, 4) is 6.07 Å². The van der Waals surface area contributed by atoms with Crippen molar-refractivity contribution < 1.29 is 9.72 Å². The second-order valence-electron chi connectivity index (χ2n) is 2.75. The topological polar surface area (TPSA) is 84.0 Å². The van der Waals surface area contributed by atoms with Crippen LogP contribution < -0.4 is 0 Å². The summed E-state index contributed by atoms with van der Waals surface area (Å²) in [4.78, 5) is 20.9. The number of benzene rings is 1. The quantitative estimate of drug-likeness (QED) is 0.438. The average molecular weight is 225 g/mol. The lowest BCUT2D eigenvalue weighted by Gasteiger charge is -2.01. The molecule has 0 amide bonds. The summed E-state index contributed by atoms with van der Waals surface area (Å²) < 4.78 is 0. The molecule has 0 saturated carbocycles. The Morgan fingerprint density at radius 3 is 2.60 bits per heavy atom. The first-order chi connectivity index (χ1) is 6.99. The van der Waals surface area contributed by atoms with Crippen LogP contribution in [0.1, 0.15) is 22.8 Å². The first-order valence-electron chi connectivity index (χ1n) is 3.87. The molecule has 1 aromatic rings. The largest absolute Gasteiger partial charge is 0.306 e. The van der Waals surface area contributed by atoms with Crippen molar-refractivity contribution in [3.63, 3.8) is 0 Å². The van der Waals surface area contributed by atoms with Crippen LogP contribution in [0.4, 0.5) is 5.69 Å². The van der Waals surface area contributed by atoms with Crippen molar-refractivity contribution in [1.29, 1.82) is 5.26 Å². The van der Waals surface area contributed by atoms with E-state index in [4.69, 9.17) is 16.9 Å². The molecule has 0 heterocycles. The number of nitro groups is 1. The average Bonchev–Trinajstić information content (AvgIpc) is 2.15. The molecular weight excluding hydrogens is 220 g/mol. The van der Waals surface area contributed by atoms with E-state index in [0.29, 0.717) is 0 Å². The van der Waals surface area contributed by atoms with Crippen LogP contribution in [-0.4, -0.2) is 10.7 Å². The number of ketones is 1. The standard InChI is InChI=1S/C9H5ClN2O3/c1-5(13)7-3-2-6(4-11)9(8(7)10)12(14)15/h2-3H,1H3. The normalized spacial score (nSPS) is 9.40. The number of nitro benzene ring substituents is 1. The van der Waals surface area contributed by atoms with E-state index < -0.39 is 10.6 Å². The number of nitriles is 1. The van der Waals surface area contributed by atoms with Crippen LogP contribution in [0.15, 0.2) is 12.1 Å². The Morgan fingerprint density at radius 1 is 1.60 bits per heavy atom. The van der Waals surface area contributed by atoms with Gasteiger partial charge in [-0.05, 0) is 19.1 Å². The molecule has 0 aliphatic carbocycles. The van der Waals surface area contributed by atoms with Crippen molar-refractivity contribution in [1.82, 2.24) is 0 Å². The zero-order valence-electron chi connectivity index (χ0n) is 7.65. The number of nitrogens with zero attached hydrogens (tertiary/aromatic N) is 2. The van der Waals surface area contributed by atoms with Crippen molar-refractivity contribution in [3.05, 3.63) is 38.4 Å². The summed E-state index contributed by atoms with van der Waals surface area (Å²) in [6.07, 6.45) is 0. The molecule has 1 rings (SSSR count). The monoisotopic (exact) mass is 224 g/mol. The molecule has 0 aliphatic heterocycles. The lowest BCUT2D eigenvalue weighted by atomic mass is 10.1. The Kier molecular flexibility index (Phi) is 3.02. The van der Waals surface area contributed by atoms with Gasteiger partial charge in [-0.15, -0.1) is 0 Å². The lowest BCUT2D eigenvalue weighted by molar-refractivity contribution is -0.385. The van der Waals surface area contributed by atoms with Gasteiger partial charge >= 0.3 is 5.69 Å². The number of carbonyl (C=O) groups excluding carboxylic acids is 1. The highest BCUT2D eigenvalue weighted by molar-refractivity contribution is 6.36. The van der Waals surface area contributed by atoms with E-state index in [9.17, 15) is 14.9 Å². The van der Waals surface area contributed by atoms with Crippen LogP contribution in [0.25, 0.3) is 0 Å². The minimum atomic E-state index is -0.771. The Morgan fingerprint density at radius 2 is 2.20 bits per heavy atom. The van der Waals surface area contributed by atoms with Gasteiger partial charge in [0.25, 0.3) is 0 Å². The number of halogens is 1. The fourth-order valence-corrected chi connectivity index (χ4v) is 1.47. The maximum atomic E-state index is 11.1. The Hall–Kier alpha value is -1.93. The smallest absolute Gasteiger partial charge is 0.294 e. The summed E-state index contributed by atoms with van der Waals surface area (Å²) in [5.41, 5.74) is -0.635. The van der Waals surface area contributed by atoms with Gasteiger partial charge in [-0.25, -0.2) is 0 Å². The van der Waals surface area contributed by atoms with Gasteiger partial charge in [0.1, 0.15) is 16.7 Å². The minimum absolute atomic E-state index is 0.0439. The van der Waals surface area contributed by atoms with Gasteiger partial charge in [0, 0.05) is 5.56 Å². The van der Waals surface area contributed by atoms with Crippen molar-refractivity contribution in [2.45, 2.75) is 6.92 Å². The first-order valence-corrected chi connectivity index (χ1v) is 4.24. The van der Waals surface area contributed by atoms with Gasteiger partial charge in [-0.3, -0.25) is 14.9 Å². The zero-order chi connectivity index (χ0) is 11.6. The summed E-state index contributed by atoms with van der Waals surface area (Å²) in [6, 6.07) is 4.16. The molecule has 0 fully saturated rings. The van der Waals surface area contributed by atoms with E-state index >= 15 is 0 Å². The molecule has 0 saturated heterocycles. The van der Waals surface area contributed by atoms with Crippen LogP contribution >= 0.6 is 11.6 Å². The van der Waals surface area contributed by atoms with Crippen LogP contribution in [0.5, 0.6) is 0 Å². The summed E-state index contributed by atoms with van der Waals surface area (Å²) in [5.74, 6) is -0.382. The highest BCUT2D eigenvalue weighted by Crippen LogP contribution is 2.31. The second kappa shape index (κ2) is 4.07. The van der Waals surface area contributed by atoms with Gasteiger partial charge < -0.3 is 0 Å². The number of rotatable bonds is 2. The van der Waals surface area contributed by atoms with Crippen LogP contribution in [0, 0.1) is 21.4 Å². The highest BCUT2D eigenvalue weighted by atomic mass is 35.5. The maximum absolute atomic E-state index is 11.1. The summed E-state index contributed by atoms with van der Waals surface area (Å²) in [6.45, 7) is 1.25. The Labute approximate surface area is 90.0 Å². The third-order valence-electron chi connectivity index (χ3n) is 1.80. The van der Waals surface area contributed by atoms with Crippen molar-refractivity contribution >= 4 is 23.1 Å². The van der Waals surface area contributed by atoms with Crippen molar-refractivity contribution in [2.75, 3.05) is 0 Å². The predicted octanol–water partition coefficient (Wildman–Crippen LogP) is 2.32. The van der Waals surface area contributed by atoms with Crippen LogP contribution in [0.3, 0.4) is 0 Å². The van der Waals surface area contributed by atoms with Gasteiger partial charge in [0.2, 0.25) is 0 Å². The maximum Gasteiger partial charge on any atom is 0.306 e. The zero-order valence-corrected chi connectivity index (χ0v) is 8.41. The summed E-state index contributed by atoms with van der Waals surface area (Å²) in [7, 11) is 0. The van der Waals surface area contributed by atoms with E-state index in [0.717, 1.165) is 0 Å². The molecule has 1 aromatic carbocycles. The Balaban J connectivity index is 3.58. The second-order valence-corrected chi connectivity index (χ2v) is 3.13. The summed E-state index contributed by atoms with van der Waals surface area (Å²) >= 11 is 5.67. The van der Waals surface area contributed by atoms with E-state index in [-0.39, 0.29) is 21.9 Å². The van der Waals surface area contributed by atoms with Crippen LogP contribution in [0.2, 0.25) is 5.02 Å². The molecule has 0 atom stereocenters. The van der Waals surface area contributed by atoms with E-state index in [1.54, 1.807) is 6.07 Å².